The van der Waals surface area contributed by atoms with Crippen molar-refractivity contribution in [2.45, 2.75) is 13.3 Å². The molecule has 80 valence electrons. The lowest BCUT2D eigenvalue weighted by Crippen LogP contribution is -2.26. The molecule has 0 atom stereocenters. The minimum atomic E-state index is 0.686. The Morgan fingerprint density at radius 3 is 2.73 bits per heavy atom. The molecule has 0 heterocycles. The van der Waals surface area contributed by atoms with Gasteiger partial charge in [-0.1, -0.05) is 12.1 Å². The lowest BCUT2D eigenvalue weighted by atomic mass is 10.1. The molecule has 0 unspecified atom stereocenters. The Bertz CT molecular complexity index is 341. The first-order valence-corrected chi connectivity index (χ1v) is 5.27. The van der Waals surface area contributed by atoms with E-state index in [0.29, 0.717) is 6.54 Å². The van der Waals surface area contributed by atoms with Gasteiger partial charge in [0.25, 0.3) is 0 Å². The highest BCUT2D eigenvalue weighted by molar-refractivity contribution is 5.59. The molecule has 0 aromatic heterocycles. The van der Waals surface area contributed by atoms with E-state index < -0.39 is 0 Å². The van der Waals surface area contributed by atoms with Crippen LogP contribution < -0.4 is 10.6 Å². The van der Waals surface area contributed by atoms with Gasteiger partial charge in [0.1, 0.15) is 6.07 Å². The van der Waals surface area contributed by atoms with Crippen LogP contribution in [0, 0.1) is 11.3 Å². The van der Waals surface area contributed by atoms with Crippen molar-refractivity contribution in [3.05, 3.63) is 29.8 Å². The van der Waals surface area contributed by atoms with Gasteiger partial charge in [0.15, 0.2) is 0 Å². The van der Waals surface area contributed by atoms with Crippen LogP contribution in [0.4, 0.5) is 5.69 Å². The van der Waals surface area contributed by atoms with Crippen LogP contribution in [-0.4, -0.2) is 19.6 Å². The second-order valence-electron chi connectivity index (χ2n) is 3.35. The highest BCUT2D eigenvalue weighted by Crippen LogP contribution is 2.19. The van der Waals surface area contributed by atoms with E-state index in [1.54, 1.807) is 0 Å². The van der Waals surface area contributed by atoms with E-state index >= 15 is 0 Å². The van der Waals surface area contributed by atoms with E-state index in [4.69, 9.17) is 11.0 Å². The summed E-state index contributed by atoms with van der Waals surface area (Å²) in [5.41, 5.74) is 7.23. The summed E-state index contributed by atoms with van der Waals surface area (Å²) in [6.45, 7) is 4.58. The molecular weight excluding hydrogens is 186 g/mol. The molecule has 1 aromatic rings. The lowest BCUT2D eigenvalue weighted by Gasteiger charge is -2.23. The van der Waals surface area contributed by atoms with Crippen LogP contribution in [0.1, 0.15) is 18.9 Å². The summed E-state index contributed by atoms with van der Waals surface area (Å²) in [6.07, 6.45) is 0.952. The second-order valence-corrected chi connectivity index (χ2v) is 3.35. The highest BCUT2D eigenvalue weighted by Gasteiger charge is 2.07. The maximum Gasteiger partial charge on any atom is 0.101 e. The molecule has 0 bridgehead atoms. The van der Waals surface area contributed by atoms with E-state index in [1.807, 2.05) is 24.3 Å². The summed E-state index contributed by atoms with van der Waals surface area (Å²) in [5, 5.41) is 8.99. The first-order chi connectivity index (χ1) is 7.33. The van der Waals surface area contributed by atoms with E-state index in [1.165, 1.54) is 0 Å². The van der Waals surface area contributed by atoms with E-state index in [2.05, 4.69) is 17.9 Å². The zero-order valence-electron chi connectivity index (χ0n) is 9.11. The molecule has 0 saturated carbocycles. The van der Waals surface area contributed by atoms with Gasteiger partial charge in [-0.2, -0.15) is 5.26 Å². The van der Waals surface area contributed by atoms with Gasteiger partial charge >= 0.3 is 0 Å². The predicted octanol–water partition coefficient (Wildman–Crippen LogP) is 1.73. The van der Waals surface area contributed by atoms with Crippen LogP contribution >= 0.6 is 0 Å². The van der Waals surface area contributed by atoms with Gasteiger partial charge in [0, 0.05) is 13.1 Å². The fraction of sp³-hybridized carbons (Fsp3) is 0.417. The molecule has 3 nitrogen and oxygen atoms in total. The zero-order chi connectivity index (χ0) is 11.1. The average Bonchev–Trinajstić information content (AvgIpc) is 2.30. The summed E-state index contributed by atoms with van der Waals surface area (Å²) in [4.78, 5) is 2.19. The molecule has 0 amide bonds. The van der Waals surface area contributed by atoms with Crippen LogP contribution in [0.3, 0.4) is 0 Å². The fourth-order valence-corrected chi connectivity index (χ4v) is 1.57. The van der Waals surface area contributed by atoms with E-state index in [0.717, 1.165) is 30.8 Å². The zero-order valence-corrected chi connectivity index (χ0v) is 9.11. The van der Waals surface area contributed by atoms with Gasteiger partial charge in [-0.15, -0.1) is 0 Å². The molecule has 0 fully saturated rings. The maximum absolute atomic E-state index is 8.99. The van der Waals surface area contributed by atoms with Crippen molar-refractivity contribution in [3.8, 4) is 6.07 Å². The van der Waals surface area contributed by atoms with Crippen LogP contribution in [-0.2, 0) is 0 Å². The normalized spacial score (nSPS) is 9.67. The average molecular weight is 203 g/mol. The smallest absolute Gasteiger partial charge is 0.101 e. The Morgan fingerprint density at radius 2 is 2.13 bits per heavy atom. The lowest BCUT2D eigenvalue weighted by molar-refractivity contribution is 0.754. The first kappa shape index (κ1) is 11.5. The minimum absolute atomic E-state index is 0.686. The Hall–Kier alpha value is -1.53. The number of rotatable bonds is 5. The van der Waals surface area contributed by atoms with Crippen molar-refractivity contribution < 1.29 is 0 Å². The molecule has 1 rings (SSSR count). The monoisotopic (exact) mass is 203 g/mol. The van der Waals surface area contributed by atoms with Gasteiger partial charge in [-0.05, 0) is 32.0 Å². The van der Waals surface area contributed by atoms with Crippen molar-refractivity contribution in [2.75, 3.05) is 24.5 Å². The van der Waals surface area contributed by atoms with Gasteiger partial charge in [-0.3, -0.25) is 0 Å². The topological polar surface area (TPSA) is 53.0 Å². The molecule has 0 aliphatic carbocycles. The van der Waals surface area contributed by atoms with Crippen molar-refractivity contribution in [1.82, 2.24) is 0 Å². The number of nitrogens with two attached hydrogens (primary N) is 1. The van der Waals surface area contributed by atoms with Crippen LogP contribution in [0.5, 0.6) is 0 Å². The summed E-state index contributed by atoms with van der Waals surface area (Å²) >= 11 is 0. The molecule has 0 aliphatic rings. The molecule has 15 heavy (non-hydrogen) atoms. The minimum Gasteiger partial charge on any atom is -0.371 e. The standard InChI is InChI=1S/C12H17N3/c1-2-15(9-5-8-13)12-7-4-3-6-11(12)10-14/h3-4,6-7H,2,5,8-9,13H2,1H3. The highest BCUT2D eigenvalue weighted by atomic mass is 15.1. The largest absolute Gasteiger partial charge is 0.371 e. The SMILES string of the molecule is CCN(CCCN)c1ccccc1C#N. The third-order valence-corrected chi connectivity index (χ3v) is 2.38. The number of hydrogen-bond acceptors (Lipinski definition) is 3. The van der Waals surface area contributed by atoms with E-state index in [9.17, 15) is 0 Å². The molecule has 1 aromatic carbocycles. The predicted molar refractivity (Wildman–Crippen MR) is 62.7 cm³/mol. The third-order valence-electron chi connectivity index (χ3n) is 2.38. The molecular formula is C12H17N3. The van der Waals surface area contributed by atoms with Crippen molar-refractivity contribution in [3.63, 3.8) is 0 Å². The summed E-state index contributed by atoms with van der Waals surface area (Å²) < 4.78 is 0. The van der Waals surface area contributed by atoms with Crippen molar-refractivity contribution in [1.29, 1.82) is 5.26 Å². The molecule has 0 aliphatic heterocycles. The molecule has 3 heteroatoms. The molecule has 0 spiro atoms. The van der Waals surface area contributed by atoms with Gasteiger partial charge in [-0.25, -0.2) is 0 Å². The first-order valence-electron chi connectivity index (χ1n) is 5.27. The summed E-state index contributed by atoms with van der Waals surface area (Å²) in [6, 6.07) is 9.89. The number of nitrogens with zero attached hydrogens (tertiary/aromatic N) is 2. The van der Waals surface area contributed by atoms with Crippen LogP contribution in [0.25, 0.3) is 0 Å². The molecule has 0 saturated heterocycles. The van der Waals surface area contributed by atoms with Crippen LogP contribution in [0.15, 0.2) is 24.3 Å². The Labute approximate surface area is 91.1 Å². The van der Waals surface area contributed by atoms with Crippen molar-refractivity contribution in [2.24, 2.45) is 5.73 Å². The number of benzene rings is 1. The van der Waals surface area contributed by atoms with Gasteiger partial charge < -0.3 is 10.6 Å². The molecule has 0 radical (unpaired) electrons. The maximum atomic E-state index is 8.99. The van der Waals surface area contributed by atoms with Gasteiger partial charge in [0.2, 0.25) is 0 Å². The third kappa shape index (κ3) is 2.97. The quantitative estimate of drug-likeness (QED) is 0.793. The fourth-order valence-electron chi connectivity index (χ4n) is 1.57. The second kappa shape index (κ2) is 6.05. The Kier molecular flexibility index (Phi) is 4.65. The number of nitriles is 1. The summed E-state index contributed by atoms with van der Waals surface area (Å²) in [7, 11) is 0. The van der Waals surface area contributed by atoms with E-state index in [-0.39, 0.29) is 0 Å². The summed E-state index contributed by atoms with van der Waals surface area (Å²) in [5.74, 6) is 0. The Morgan fingerprint density at radius 1 is 1.40 bits per heavy atom. The molecule has 2 N–H and O–H groups in total. The number of para-hydroxylation sites is 1. The van der Waals surface area contributed by atoms with Crippen LogP contribution in [0.2, 0.25) is 0 Å². The number of hydrogen-bond donors (Lipinski definition) is 1. The van der Waals surface area contributed by atoms with Crippen molar-refractivity contribution >= 4 is 5.69 Å². The van der Waals surface area contributed by atoms with Gasteiger partial charge in [0.05, 0.1) is 11.3 Å². The Balaban J connectivity index is 2.86. The number of anilines is 1.